The lowest BCUT2D eigenvalue weighted by Gasteiger charge is -2.10. The molecule has 0 bridgehead atoms. The maximum atomic E-state index is 5.49. The van der Waals surface area contributed by atoms with Crippen LogP contribution < -0.4 is 10.6 Å². The summed E-state index contributed by atoms with van der Waals surface area (Å²) in [6.07, 6.45) is 7.00. The molecule has 2 N–H and O–H groups in total. The molecular weight excluding hydrogens is 380 g/mol. The van der Waals surface area contributed by atoms with Crippen LogP contribution in [-0.4, -0.2) is 33.9 Å². The van der Waals surface area contributed by atoms with Crippen molar-refractivity contribution in [1.82, 2.24) is 19.9 Å². The summed E-state index contributed by atoms with van der Waals surface area (Å²) < 4.78 is 0.880. The molecule has 0 amide bonds. The largest absolute Gasteiger partial charge is 0.339 e. The normalized spacial score (nSPS) is 10.8. The van der Waals surface area contributed by atoms with Crippen molar-refractivity contribution in [2.24, 2.45) is 0 Å². The molecule has 144 valence electrons. The maximum absolute atomic E-state index is 5.49. The van der Waals surface area contributed by atoms with E-state index in [0.29, 0.717) is 11.5 Å². The Bertz CT molecular complexity index is 1170. The molecule has 0 fully saturated rings. The number of fused-ring (bicyclic) bond motifs is 1. The van der Waals surface area contributed by atoms with E-state index in [0.717, 1.165) is 33.3 Å². The number of thiazole rings is 1. The number of nitrogens with zero attached hydrogens (tertiary/aromatic N) is 4. The molecular formula is C22H20N6S. The standard InChI is InChI=1S/C22H20N6S/c1-4-15-6-5-7-18(12-15)25-20-19-21(24-14-23-20)27-22(29-19)26-17-10-8-16(9-11-17)13-28(2)3/h1,5-12,14H,13H2,2-3H3,(H2,23,24,25,26,27). The lowest BCUT2D eigenvalue weighted by Crippen LogP contribution is -2.10. The minimum atomic E-state index is 0.646. The fourth-order valence-corrected chi connectivity index (χ4v) is 3.79. The topological polar surface area (TPSA) is 66.0 Å². The van der Waals surface area contributed by atoms with E-state index < -0.39 is 0 Å². The second-order valence-corrected chi connectivity index (χ2v) is 7.80. The van der Waals surface area contributed by atoms with Crippen molar-refractivity contribution < 1.29 is 0 Å². The van der Waals surface area contributed by atoms with Gasteiger partial charge in [0.15, 0.2) is 16.6 Å². The van der Waals surface area contributed by atoms with Gasteiger partial charge in [-0.05, 0) is 50.0 Å². The highest BCUT2D eigenvalue weighted by Gasteiger charge is 2.11. The Hall–Kier alpha value is -3.47. The lowest BCUT2D eigenvalue weighted by molar-refractivity contribution is 0.402. The summed E-state index contributed by atoms with van der Waals surface area (Å²) in [6, 6.07) is 16.0. The van der Waals surface area contributed by atoms with Crippen molar-refractivity contribution in [3.8, 4) is 12.3 Å². The molecule has 0 saturated heterocycles. The Kier molecular flexibility index (Phi) is 5.38. The number of terminal acetylenes is 1. The molecule has 0 radical (unpaired) electrons. The number of benzene rings is 2. The highest BCUT2D eigenvalue weighted by molar-refractivity contribution is 7.22. The van der Waals surface area contributed by atoms with Gasteiger partial charge >= 0.3 is 0 Å². The monoisotopic (exact) mass is 400 g/mol. The van der Waals surface area contributed by atoms with Crippen LogP contribution in [0.1, 0.15) is 11.1 Å². The van der Waals surface area contributed by atoms with E-state index in [2.05, 4.69) is 74.8 Å². The van der Waals surface area contributed by atoms with Gasteiger partial charge in [0.25, 0.3) is 0 Å². The molecule has 0 spiro atoms. The Morgan fingerprint density at radius 2 is 1.86 bits per heavy atom. The third kappa shape index (κ3) is 4.51. The zero-order valence-corrected chi connectivity index (χ0v) is 17.0. The highest BCUT2D eigenvalue weighted by Crippen LogP contribution is 2.32. The molecule has 2 aromatic carbocycles. The van der Waals surface area contributed by atoms with E-state index in [1.165, 1.54) is 23.2 Å². The molecule has 2 aromatic heterocycles. The van der Waals surface area contributed by atoms with Crippen molar-refractivity contribution in [1.29, 1.82) is 0 Å². The Morgan fingerprint density at radius 1 is 1.03 bits per heavy atom. The third-order valence-electron chi connectivity index (χ3n) is 4.19. The lowest BCUT2D eigenvalue weighted by atomic mass is 10.2. The van der Waals surface area contributed by atoms with Gasteiger partial charge in [-0.15, -0.1) is 6.42 Å². The van der Waals surface area contributed by atoms with Gasteiger partial charge in [0, 0.05) is 23.5 Å². The van der Waals surface area contributed by atoms with Gasteiger partial charge in [0.2, 0.25) is 0 Å². The second kappa shape index (κ2) is 8.27. The third-order valence-corrected chi connectivity index (χ3v) is 5.15. The van der Waals surface area contributed by atoms with Crippen molar-refractivity contribution >= 4 is 44.0 Å². The van der Waals surface area contributed by atoms with E-state index in [1.54, 1.807) is 0 Å². The molecule has 0 aliphatic rings. The van der Waals surface area contributed by atoms with E-state index in [9.17, 15) is 0 Å². The zero-order chi connectivity index (χ0) is 20.2. The van der Waals surface area contributed by atoms with Crippen LogP contribution in [-0.2, 0) is 6.54 Å². The summed E-state index contributed by atoms with van der Waals surface area (Å²) in [5, 5.41) is 7.44. The van der Waals surface area contributed by atoms with Gasteiger partial charge in [-0.1, -0.05) is 35.5 Å². The van der Waals surface area contributed by atoms with E-state index in [4.69, 9.17) is 6.42 Å². The number of hydrogen-bond donors (Lipinski definition) is 2. The van der Waals surface area contributed by atoms with Gasteiger partial charge < -0.3 is 15.5 Å². The predicted molar refractivity (Wildman–Crippen MR) is 120 cm³/mol. The summed E-state index contributed by atoms with van der Waals surface area (Å²) in [4.78, 5) is 15.4. The first kappa shape index (κ1) is 18.9. The molecule has 0 aliphatic heterocycles. The molecule has 0 aliphatic carbocycles. The van der Waals surface area contributed by atoms with Crippen molar-refractivity contribution in [3.63, 3.8) is 0 Å². The van der Waals surface area contributed by atoms with Gasteiger partial charge in [0.05, 0.1) is 0 Å². The number of aromatic nitrogens is 3. The zero-order valence-electron chi connectivity index (χ0n) is 16.2. The van der Waals surface area contributed by atoms with Crippen LogP contribution in [0.2, 0.25) is 0 Å². The van der Waals surface area contributed by atoms with Gasteiger partial charge in [0.1, 0.15) is 11.0 Å². The van der Waals surface area contributed by atoms with Crippen LogP contribution in [0.5, 0.6) is 0 Å². The van der Waals surface area contributed by atoms with Crippen LogP contribution in [0.25, 0.3) is 10.3 Å². The number of hydrogen-bond acceptors (Lipinski definition) is 7. The first-order valence-electron chi connectivity index (χ1n) is 9.06. The van der Waals surface area contributed by atoms with Crippen LogP contribution in [0, 0.1) is 12.3 Å². The molecule has 0 atom stereocenters. The molecule has 0 unspecified atom stereocenters. The minimum absolute atomic E-state index is 0.646. The first-order valence-corrected chi connectivity index (χ1v) is 9.88. The van der Waals surface area contributed by atoms with Crippen LogP contribution in [0.15, 0.2) is 54.9 Å². The van der Waals surface area contributed by atoms with Gasteiger partial charge in [-0.25, -0.2) is 9.97 Å². The minimum Gasteiger partial charge on any atom is -0.339 e. The molecule has 4 aromatic rings. The summed E-state index contributed by atoms with van der Waals surface area (Å²) in [7, 11) is 4.12. The van der Waals surface area contributed by atoms with Crippen molar-refractivity contribution in [2.75, 3.05) is 24.7 Å². The smallest absolute Gasteiger partial charge is 0.189 e. The SMILES string of the molecule is C#Cc1cccc(Nc2ncnc3nc(Nc4ccc(CN(C)C)cc4)sc23)c1. The fourth-order valence-electron chi connectivity index (χ4n) is 2.90. The number of anilines is 4. The summed E-state index contributed by atoms with van der Waals surface area (Å²) >= 11 is 1.50. The fraction of sp³-hybridized carbons (Fsp3) is 0.136. The maximum Gasteiger partial charge on any atom is 0.189 e. The first-order chi connectivity index (χ1) is 14.1. The Balaban J connectivity index is 1.56. The molecule has 2 heterocycles. The van der Waals surface area contributed by atoms with Crippen LogP contribution in [0.3, 0.4) is 0 Å². The summed E-state index contributed by atoms with van der Waals surface area (Å²) in [5.41, 5.74) is 4.57. The predicted octanol–water partition coefficient (Wildman–Crippen LogP) is 4.62. The van der Waals surface area contributed by atoms with Crippen molar-refractivity contribution in [2.45, 2.75) is 6.54 Å². The molecule has 7 heteroatoms. The Morgan fingerprint density at radius 3 is 2.62 bits per heavy atom. The second-order valence-electron chi connectivity index (χ2n) is 6.80. The van der Waals surface area contributed by atoms with E-state index >= 15 is 0 Å². The van der Waals surface area contributed by atoms with Gasteiger partial charge in [-0.2, -0.15) is 4.98 Å². The van der Waals surface area contributed by atoms with Crippen molar-refractivity contribution in [3.05, 3.63) is 66.0 Å². The Labute approximate surface area is 173 Å². The highest BCUT2D eigenvalue weighted by atomic mass is 32.1. The average molecular weight is 401 g/mol. The molecule has 6 nitrogen and oxygen atoms in total. The summed E-state index contributed by atoms with van der Waals surface area (Å²) in [5.74, 6) is 3.35. The van der Waals surface area contributed by atoms with Crippen LogP contribution >= 0.6 is 11.3 Å². The number of nitrogens with one attached hydrogen (secondary N) is 2. The van der Waals surface area contributed by atoms with E-state index in [-0.39, 0.29) is 0 Å². The van der Waals surface area contributed by atoms with Crippen LogP contribution in [0.4, 0.5) is 22.3 Å². The van der Waals surface area contributed by atoms with Gasteiger partial charge in [-0.3, -0.25) is 0 Å². The average Bonchev–Trinajstić information content (AvgIpc) is 3.13. The molecule has 4 rings (SSSR count). The van der Waals surface area contributed by atoms with E-state index in [1.807, 2.05) is 24.3 Å². The number of rotatable bonds is 6. The molecule has 0 saturated carbocycles. The molecule has 29 heavy (non-hydrogen) atoms. The quantitative estimate of drug-likeness (QED) is 0.461. The summed E-state index contributed by atoms with van der Waals surface area (Å²) in [6.45, 7) is 0.910.